The third-order valence-corrected chi connectivity index (χ3v) is 6.28. The van der Waals surface area contributed by atoms with E-state index in [9.17, 15) is 4.79 Å². The van der Waals surface area contributed by atoms with Crippen LogP contribution in [0.25, 0.3) is 0 Å². The van der Waals surface area contributed by atoms with Crippen molar-refractivity contribution in [3.63, 3.8) is 0 Å². The molecule has 5 heteroatoms. The van der Waals surface area contributed by atoms with Crippen LogP contribution in [0.3, 0.4) is 0 Å². The van der Waals surface area contributed by atoms with E-state index in [0.29, 0.717) is 11.5 Å². The first-order valence-corrected chi connectivity index (χ1v) is 9.20. The van der Waals surface area contributed by atoms with Gasteiger partial charge in [-0.3, -0.25) is 4.79 Å². The van der Waals surface area contributed by atoms with Gasteiger partial charge in [0.2, 0.25) is 0 Å². The van der Waals surface area contributed by atoms with Crippen LogP contribution < -0.4 is 0 Å². The Bertz CT molecular complexity index is 671. The van der Waals surface area contributed by atoms with Crippen LogP contribution in [0.2, 0.25) is 0 Å². The Morgan fingerprint density at radius 1 is 1.26 bits per heavy atom. The van der Waals surface area contributed by atoms with E-state index >= 15 is 0 Å². The first-order chi connectivity index (χ1) is 11.2. The number of amides is 1. The molecule has 0 saturated carbocycles. The lowest BCUT2D eigenvalue weighted by atomic mass is 9.84. The van der Waals surface area contributed by atoms with E-state index in [-0.39, 0.29) is 11.9 Å². The van der Waals surface area contributed by atoms with Gasteiger partial charge in [0.05, 0.1) is 17.9 Å². The van der Waals surface area contributed by atoms with Gasteiger partial charge in [-0.05, 0) is 68.4 Å². The Balaban J connectivity index is 1.66. The summed E-state index contributed by atoms with van der Waals surface area (Å²) in [4.78, 5) is 18.9. The SMILES string of the molecule is CN1CCC(C2c3sccc3CCN2C(=O)c2ccoc2)CC1. The van der Waals surface area contributed by atoms with Crippen LogP contribution in [-0.4, -0.2) is 42.4 Å². The highest BCUT2D eigenvalue weighted by molar-refractivity contribution is 7.10. The maximum atomic E-state index is 13.0. The number of carbonyl (C=O) groups excluding carboxylic acids is 1. The van der Waals surface area contributed by atoms with E-state index in [1.165, 1.54) is 10.4 Å². The van der Waals surface area contributed by atoms with Crippen molar-refractivity contribution in [2.45, 2.75) is 25.3 Å². The van der Waals surface area contributed by atoms with Gasteiger partial charge >= 0.3 is 0 Å². The number of rotatable bonds is 2. The Labute approximate surface area is 140 Å². The topological polar surface area (TPSA) is 36.7 Å². The number of thiophene rings is 1. The Morgan fingerprint density at radius 3 is 2.83 bits per heavy atom. The number of hydrogen-bond acceptors (Lipinski definition) is 4. The van der Waals surface area contributed by atoms with Crippen LogP contribution >= 0.6 is 11.3 Å². The van der Waals surface area contributed by atoms with Crippen molar-refractivity contribution in [3.05, 3.63) is 46.0 Å². The summed E-state index contributed by atoms with van der Waals surface area (Å²) in [6.07, 6.45) is 6.43. The third kappa shape index (κ3) is 2.72. The molecular formula is C18H22N2O2S. The number of furan rings is 1. The van der Waals surface area contributed by atoms with E-state index in [0.717, 1.165) is 38.9 Å². The second kappa shape index (κ2) is 6.13. The molecule has 122 valence electrons. The highest BCUT2D eigenvalue weighted by Gasteiger charge is 2.38. The fraction of sp³-hybridized carbons (Fsp3) is 0.500. The van der Waals surface area contributed by atoms with E-state index < -0.39 is 0 Å². The normalized spacial score (nSPS) is 23.0. The zero-order valence-electron chi connectivity index (χ0n) is 13.4. The molecule has 0 aromatic carbocycles. The molecule has 4 rings (SSSR count). The zero-order chi connectivity index (χ0) is 15.8. The van der Waals surface area contributed by atoms with Gasteiger partial charge in [-0.15, -0.1) is 11.3 Å². The predicted molar refractivity (Wildman–Crippen MR) is 90.7 cm³/mol. The summed E-state index contributed by atoms with van der Waals surface area (Å²) >= 11 is 1.82. The van der Waals surface area contributed by atoms with Gasteiger partial charge in [-0.2, -0.15) is 0 Å². The lowest BCUT2D eigenvalue weighted by Gasteiger charge is -2.43. The minimum atomic E-state index is 0.113. The molecule has 23 heavy (non-hydrogen) atoms. The molecule has 0 aliphatic carbocycles. The fourth-order valence-corrected chi connectivity index (χ4v) is 5.09. The summed E-state index contributed by atoms with van der Waals surface area (Å²) in [6.45, 7) is 3.05. The van der Waals surface area contributed by atoms with Gasteiger partial charge in [0.25, 0.3) is 5.91 Å². The summed E-state index contributed by atoms with van der Waals surface area (Å²) in [5, 5.41) is 2.18. The number of likely N-dealkylation sites (tertiary alicyclic amines) is 1. The number of piperidine rings is 1. The van der Waals surface area contributed by atoms with E-state index in [1.54, 1.807) is 18.6 Å². The average molecular weight is 330 g/mol. The van der Waals surface area contributed by atoms with Crippen molar-refractivity contribution >= 4 is 17.2 Å². The standard InChI is InChI=1S/C18H22N2O2S/c1-19-7-2-13(3-8-19)16-17-14(6-11-23-17)4-9-20(16)18(21)15-5-10-22-12-15/h5-6,10-13,16H,2-4,7-9H2,1H3. The van der Waals surface area contributed by atoms with Crippen LogP contribution in [0, 0.1) is 5.92 Å². The second-order valence-electron chi connectivity index (χ2n) is 6.66. The van der Waals surface area contributed by atoms with Crippen molar-refractivity contribution < 1.29 is 9.21 Å². The number of hydrogen-bond donors (Lipinski definition) is 0. The van der Waals surface area contributed by atoms with Gasteiger partial charge in [-0.1, -0.05) is 0 Å². The molecule has 2 aromatic heterocycles. The molecule has 2 aromatic rings. The largest absolute Gasteiger partial charge is 0.472 e. The lowest BCUT2D eigenvalue weighted by Crippen LogP contribution is -2.45. The minimum absolute atomic E-state index is 0.113. The molecule has 4 nitrogen and oxygen atoms in total. The van der Waals surface area contributed by atoms with E-state index in [2.05, 4.69) is 28.3 Å². The van der Waals surface area contributed by atoms with Crippen molar-refractivity contribution in [1.82, 2.24) is 9.80 Å². The molecule has 0 N–H and O–H groups in total. The van der Waals surface area contributed by atoms with Gasteiger partial charge in [-0.25, -0.2) is 0 Å². The predicted octanol–water partition coefficient (Wildman–Crippen LogP) is 3.42. The van der Waals surface area contributed by atoms with Crippen LogP contribution in [0.5, 0.6) is 0 Å². The molecule has 2 aliphatic heterocycles. The maximum Gasteiger partial charge on any atom is 0.257 e. The first kappa shape index (κ1) is 15.0. The second-order valence-corrected chi connectivity index (χ2v) is 7.60. The highest BCUT2D eigenvalue weighted by Crippen LogP contribution is 2.42. The number of carbonyl (C=O) groups is 1. The molecule has 1 atom stereocenters. The lowest BCUT2D eigenvalue weighted by molar-refractivity contribution is 0.0509. The van der Waals surface area contributed by atoms with Gasteiger partial charge in [0, 0.05) is 11.4 Å². The summed E-state index contributed by atoms with van der Waals surface area (Å²) in [7, 11) is 2.18. The zero-order valence-corrected chi connectivity index (χ0v) is 14.2. The smallest absolute Gasteiger partial charge is 0.257 e. The number of fused-ring (bicyclic) bond motifs is 1. The van der Waals surface area contributed by atoms with Crippen LogP contribution in [0.4, 0.5) is 0 Å². The molecule has 1 unspecified atom stereocenters. The molecular weight excluding hydrogens is 308 g/mol. The van der Waals surface area contributed by atoms with Crippen molar-refractivity contribution in [2.75, 3.05) is 26.7 Å². The minimum Gasteiger partial charge on any atom is -0.472 e. The van der Waals surface area contributed by atoms with Gasteiger partial charge in [0.15, 0.2) is 0 Å². The van der Waals surface area contributed by atoms with Crippen molar-refractivity contribution in [2.24, 2.45) is 5.92 Å². The molecule has 1 fully saturated rings. The Kier molecular flexibility index (Phi) is 3.99. The number of nitrogens with zero attached hydrogens (tertiary/aromatic N) is 2. The van der Waals surface area contributed by atoms with Crippen LogP contribution in [0.1, 0.15) is 39.7 Å². The first-order valence-electron chi connectivity index (χ1n) is 8.32. The summed E-state index contributed by atoms with van der Waals surface area (Å²) in [6, 6.07) is 4.24. The molecule has 0 spiro atoms. The summed E-state index contributed by atoms with van der Waals surface area (Å²) < 4.78 is 5.12. The molecule has 4 heterocycles. The van der Waals surface area contributed by atoms with Gasteiger partial charge in [0.1, 0.15) is 6.26 Å². The Morgan fingerprint density at radius 2 is 2.09 bits per heavy atom. The molecule has 0 bridgehead atoms. The monoisotopic (exact) mass is 330 g/mol. The maximum absolute atomic E-state index is 13.0. The molecule has 2 aliphatic rings. The molecule has 1 saturated heterocycles. The quantitative estimate of drug-likeness (QED) is 0.846. The molecule has 1 amide bonds. The van der Waals surface area contributed by atoms with E-state index in [4.69, 9.17) is 4.42 Å². The molecule has 0 radical (unpaired) electrons. The van der Waals surface area contributed by atoms with E-state index in [1.807, 2.05) is 11.3 Å². The van der Waals surface area contributed by atoms with Crippen LogP contribution in [0.15, 0.2) is 34.5 Å². The summed E-state index contributed by atoms with van der Waals surface area (Å²) in [5.41, 5.74) is 2.11. The highest BCUT2D eigenvalue weighted by atomic mass is 32.1. The van der Waals surface area contributed by atoms with Crippen molar-refractivity contribution in [3.8, 4) is 0 Å². The van der Waals surface area contributed by atoms with Crippen molar-refractivity contribution in [1.29, 1.82) is 0 Å². The third-order valence-electron chi connectivity index (χ3n) is 5.25. The fourth-order valence-electron chi connectivity index (χ4n) is 3.93. The Hall–Kier alpha value is -1.59. The summed E-state index contributed by atoms with van der Waals surface area (Å²) in [5.74, 6) is 0.668. The average Bonchev–Trinajstić information content (AvgIpc) is 3.25. The van der Waals surface area contributed by atoms with Gasteiger partial charge < -0.3 is 14.2 Å². The van der Waals surface area contributed by atoms with Crippen LogP contribution in [-0.2, 0) is 6.42 Å².